The Morgan fingerprint density at radius 1 is 1.08 bits per heavy atom. The molecule has 5 nitrogen and oxygen atoms in total. The Morgan fingerprint density at radius 3 is 2.60 bits per heavy atom. The van der Waals surface area contributed by atoms with E-state index in [2.05, 4.69) is 34.1 Å². The minimum atomic E-state index is 0.0284. The largest absolute Gasteiger partial charge is 0.335 e. The number of benzene rings is 1. The zero-order valence-corrected chi connectivity index (χ0v) is 14.4. The Labute approximate surface area is 147 Å². The van der Waals surface area contributed by atoms with Crippen LogP contribution in [0.3, 0.4) is 0 Å². The molecule has 128 valence electrons. The van der Waals surface area contributed by atoms with Gasteiger partial charge in [-0.2, -0.15) is 0 Å². The van der Waals surface area contributed by atoms with E-state index in [0.29, 0.717) is 5.69 Å². The number of aryl methyl sites for hydroxylation is 1. The van der Waals surface area contributed by atoms with Gasteiger partial charge >= 0.3 is 0 Å². The summed E-state index contributed by atoms with van der Waals surface area (Å²) >= 11 is 0. The lowest BCUT2D eigenvalue weighted by atomic mass is 10.2. The molecule has 0 unspecified atom stereocenters. The van der Waals surface area contributed by atoms with Crippen LogP contribution in [0.1, 0.15) is 21.6 Å². The van der Waals surface area contributed by atoms with Gasteiger partial charge in [0, 0.05) is 45.1 Å². The van der Waals surface area contributed by atoms with Gasteiger partial charge in [-0.1, -0.05) is 30.3 Å². The molecular formula is C20H22N4O. The highest BCUT2D eigenvalue weighted by Crippen LogP contribution is 2.13. The summed E-state index contributed by atoms with van der Waals surface area (Å²) in [5.74, 6) is 0.0284. The van der Waals surface area contributed by atoms with Crippen LogP contribution in [-0.4, -0.2) is 51.3 Å². The topological polar surface area (TPSA) is 40.9 Å². The van der Waals surface area contributed by atoms with Crippen LogP contribution in [-0.2, 0) is 6.54 Å². The smallest absolute Gasteiger partial charge is 0.274 e. The first-order valence-electron chi connectivity index (χ1n) is 8.70. The Bertz CT molecular complexity index is 879. The quantitative estimate of drug-likeness (QED) is 0.739. The molecule has 2 aromatic heterocycles. The number of carbonyl (C=O) groups is 1. The third kappa shape index (κ3) is 3.42. The SMILES string of the molecule is Cc1ccn2cc(C(=O)N3CCN(Cc4ccccc4)CC3)nc2c1. The van der Waals surface area contributed by atoms with E-state index >= 15 is 0 Å². The first-order valence-corrected chi connectivity index (χ1v) is 8.70. The number of hydrogen-bond acceptors (Lipinski definition) is 3. The lowest BCUT2D eigenvalue weighted by Gasteiger charge is -2.34. The molecule has 0 aliphatic carbocycles. The molecule has 1 aliphatic rings. The summed E-state index contributed by atoms with van der Waals surface area (Å²) in [6.45, 7) is 6.26. The maximum Gasteiger partial charge on any atom is 0.274 e. The fraction of sp³-hybridized carbons (Fsp3) is 0.300. The molecule has 1 fully saturated rings. The van der Waals surface area contributed by atoms with Crippen molar-refractivity contribution in [1.29, 1.82) is 0 Å². The van der Waals surface area contributed by atoms with E-state index in [-0.39, 0.29) is 5.91 Å². The summed E-state index contributed by atoms with van der Waals surface area (Å²) < 4.78 is 1.91. The average molecular weight is 334 g/mol. The number of aromatic nitrogens is 2. The molecule has 0 atom stereocenters. The Hall–Kier alpha value is -2.66. The van der Waals surface area contributed by atoms with Gasteiger partial charge in [-0.05, 0) is 30.2 Å². The van der Waals surface area contributed by atoms with Crippen LogP contribution in [0.15, 0.2) is 54.9 Å². The van der Waals surface area contributed by atoms with Crippen LogP contribution < -0.4 is 0 Å². The molecule has 1 saturated heterocycles. The number of amides is 1. The molecule has 0 bridgehead atoms. The van der Waals surface area contributed by atoms with Gasteiger partial charge in [0.15, 0.2) is 0 Å². The monoisotopic (exact) mass is 334 g/mol. The highest BCUT2D eigenvalue weighted by atomic mass is 16.2. The molecule has 1 amide bonds. The molecule has 3 heterocycles. The zero-order valence-electron chi connectivity index (χ0n) is 14.4. The summed E-state index contributed by atoms with van der Waals surface area (Å²) in [7, 11) is 0. The van der Waals surface area contributed by atoms with E-state index in [1.165, 1.54) is 5.56 Å². The molecular weight excluding hydrogens is 312 g/mol. The van der Waals surface area contributed by atoms with Crippen molar-refractivity contribution in [2.45, 2.75) is 13.5 Å². The highest BCUT2D eigenvalue weighted by Gasteiger charge is 2.23. The molecule has 4 rings (SSSR count). The van der Waals surface area contributed by atoms with Crippen molar-refractivity contribution < 1.29 is 4.79 Å². The van der Waals surface area contributed by atoms with E-state index < -0.39 is 0 Å². The van der Waals surface area contributed by atoms with Crippen LogP contribution in [0.4, 0.5) is 0 Å². The second kappa shape index (κ2) is 6.69. The van der Waals surface area contributed by atoms with E-state index in [1.54, 1.807) is 0 Å². The van der Waals surface area contributed by atoms with E-state index in [0.717, 1.165) is 43.9 Å². The molecule has 3 aromatic rings. The number of hydrogen-bond donors (Lipinski definition) is 0. The molecule has 25 heavy (non-hydrogen) atoms. The standard InChI is InChI=1S/C20H22N4O/c1-16-7-8-24-15-18(21-19(24)13-16)20(25)23-11-9-22(10-12-23)14-17-5-3-2-4-6-17/h2-8,13,15H,9-12,14H2,1H3. The van der Waals surface area contributed by atoms with Crippen molar-refractivity contribution in [3.05, 3.63) is 71.7 Å². The summed E-state index contributed by atoms with van der Waals surface area (Å²) in [5, 5.41) is 0. The number of piperazine rings is 1. The normalized spacial score (nSPS) is 15.6. The zero-order chi connectivity index (χ0) is 17.2. The minimum absolute atomic E-state index is 0.0284. The van der Waals surface area contributed by atoms with Gasteiger partial charge in [0.05, 0.1) is 0 Å². The first-order chi connectivity index (χ1) is 12.2. The van der Waals surface area contributed by atoms with Gasteiger partial charge in [-0.3, -0.25) is 9.69 Å². The van der Waals surface area contributed by atoms with E-state index in [1.807, 2.05) is 46.8 Å². The van der Waals surface area contributed by atoms with Gasteiger partial charge < -0.3 is 9.30 Å². The predicted molar refractivity (Wildman–Crippen MR) is 97.6 cm³/mol. The van der Waals surface area contributed by atoms with Crippen LogP contribution >= 0.6 is 0 Å². The van der Waals surface area contributed by atoms with Crippen molar-refractivity contribution in [2.75, 3.05) is 26.2 Å². The molecule has 0 saturated carbocycles. The molecule has 1 aliphatic heterocycles. The lowest BCUT2D eigenvalue weighted by Crippen LogP contribution is -2.48. The summed E-state index contributed by atoms with van der Waals surface area (Å²) in [6, 6.07) is 14.5. The van der Waals surface area contributed by atoms with Crippen molar-refractivity contribution in [3.8, 4) is 0 Å². The third-order valence-electron chi connectivity index (χ3n) is 4.74. The highest BCUT2D eigenvalue weighted by molar-refractivity contribution is 5.93. The molecule has 0 radical (unpaired) electrons. The first kappa shape index (κ1) is 15.8. The second-order valence-corrected chi connectivity index (χ2v) is 6.65. The number of imidazole rings is 1. The van der Waals surface area contributed by atoms with Gasteiger partial charge in [-0.25, -0.2) is 4.98 Å². The number of fused-ring (bicyclic) bond motifs is 1. The molecule has 0 spiro atoms. The fourth-order valence-corrected chi connectivity index (χ4v) is 3.30. The van der Waals surface area contributed by atoms with E-state index in [4.69, 9.17) is 0 Å². The van der Waals surface area contributed by atoms with Gasteiger partial charge in [-0.15, -0.1) is 0 Å². The molecule has 0 N–H and O–H groups in total. The Kier molecular flexibility index (Phi) is 4.24. The van der Waals surface area contributed by atoms with Gasteiger partial charge in [0.2, 0.25) is 0 Å². The fourth-order valence-electron chi connectivity index (χ4n) is 3.30. The number of pyridine rings is 1. The minimum Gasteiger partial charge on any atom is -0.335 e. The van der Waals surface area contributed by atoms with Gasteiger partial charge in [0.25, 0.3) is 5.91 Å². The third-order valence-corrected chi connectivity index (χ3v) is 4.74. The van der Waals surface area contributed by atoms with Gasteiger partial charge in [0.1, 0.15) is 11.3 Å². The van der Waals surface area contributed by atoms with Crippen LogP contribution in [0, 0.1) is 6.92 Å². The molecule has 5 heteroatoms. The second-order valence-electron chi connectivity index (χ2n) is 6.65. The van der Waals surface area contributed by atoms with Crippen molar-refractivity contribution in [1.82, 2.24) is 19.2 Å². The number of carbonyl (C=O) groups excluding carboxylic acids is 1. The molecule has 1 aromatic carbocycles. The average Bonchev–Trinajstić information content (AvgIpc) is 3.06. The van der Waals surface area contributed by atoms with Crippen LogP contribution in [0.25, 0.3) is 5.65 Å². The lowest BCUT2D eigenvalue weighted by molar-refractivity contribution is 0.0623. The Balaban J connectivity index is 1.40. The van der Waals surface area contributed by atoms with Crippen molar-refractivity contribution in [2.24, 2.45) is 0 Å². The van der Waals surface area contributed by atoms with Crippen LogP contribution in [0.5, 0.6) is 0 Å². The maximum atomic E-state index is 12.8. The number of rotatable bonds is 3. The summed E-state index contributed by atoms with van der Waals surface area (Å²) in [5.41, 5.74) is 3.82. The number of nitrogens with zero attached hydrogens (tertiary/aromatic N) is 4. The summed E-state index contributed by atoms with van der Waals surface area (Å²) in [6.07, 6.45) is 3.78. The maximum absolute atomic E-state index is 12.8. The summed E-state index contributed by atoms with van der Waals surface area (Å²) in [4.78, 5) is 21.6. The van der Waals surface area contributed by atoms with Crippen LogP contribution in [0.2, 0.25) is 0 Å². The predicted octanol–water partition coefficient (Wildman–Crippen LogP) is 2.60. The van der Waals surface area contributed by atoms with Crippen molar-refractivity contribution in [3.63, 3.8) is 0 Å². The van der Waals surface area contributed by atoms with Crippen molar-refractivity contribution >= 4 is 11.6 Å². The Morgan fingerprint density at radius 2 is 1.84 bits per heavy atom. The van der Waals surface area contributed by atoms with E-state index in [9.17, 15) is 4.79 Å².